The molecule has 1 saturated heterocycles. The summed E-state index contributed by atoms with van der Waals surface area (Å²) in [4.78, 5) is 30.7. The van der Waals surface area contributed by atoms with Crippen LogP contribution in [-0.4, -0.2) is 54.0 Å². The predicted molar refractivity (Wildman–Crippen MR) is 109 cm³/mol. The van der Waals surface area contributed by atoms with E-state index < -0.39 is 0 Å². The molecule has 4 rings (SSSR count). The van der Waals surface area contributed by atoms with E-state index >= 15 is 0 Å². The summed E-state index contributed by atoms with van der Waals surface area (Å²) < 4.78 is 5.48. The van der Waals surface area contributed by atoms with E-state index in [2.05, 4.69) is 18.7 Å². The minimum Gasteiger partial charge on any atom is -0.378 e. The van der Waals surface area contributed by atoms with Crippen LogP contribution in [-0.2, 0) is 14.3 Å². The summed E-state index contributed by atoms with van der Waals surface area (Å²) in [6.45, 7) is 6.61. The topological polar surface area (TPSA) is 49.9 Å². The number of aryl methyl sites for hydroxylation is 2. The minimum absolute atomic E-state index is 0.0302. The molecule has 0 aromatic heterocycles. The van der Waals surface area contributed by atoms with E-state index in [9.17, 15) is 9.59 Å². The SMILES string of the molecule is Cc1ccc(C2=C(N3CCOCC3)C(=O)N(C3CCCCCC3)C2=O)cc1C. The van der Waals surface area contributed by atoms with Crippen LogP contribution in [0.1, 0.15) is 55.2 Å². The smallest absolute Gasteiger partial charge is 0.278 e. The molecule has 2 amide bonds. The van der Waals surface area contributed by atoms with Crippen molar-refractivity contribution in [3.8, 4) is 0 Å². The second-order valence-electron chi connectivity index (χ2n) is 8.25. The van der Waals surface area contributed by atoms with E-state index in [0.717, 1.165) is 36.8 Å². The number of morpholine rings is 1. The molecule has 1 aliphatic carbocycles. The monoisotopic (exact) mass is 382 g/mol. The predicted octanol–water partition coefficient (Wildman–Crippen LogP) is 3.44. The van der Waals surface area contributed by atoms with E-state index in [0.29, 0.717) is 37.6 Å². The summed E-state index contributed by atoms with van der Waals surface area (Å²) in [6.07, 6.45) is 6.42. The van der Waals surface area contributed by atoms with Gasteiger partial charge in [0.1, 0.15) is 5.70 Å². The molecule has 2 fully saturated rings. The fourth-order valence-electron chi connectivity index (χ4n) is 4.62. The molecule has 0 bridgehead atoms. The lowest BCUT2D eigenvalue weighted by molar-refractivity contribution is -0.140. The van der Waals surface area contributed by atoms with E-state index in [4.69, 9.17) is 4.74 Å². The van der Waals surface area contributed by atoms with Gasteiger partial charge in [-0.05, 0) is 43.4 Å². The van der Waals surface area contributed by atoms with Gasteiger partial charge in [-0.15, -0.1) is 0 Å². The summed E-state index contributed by atoms with van der Waals surface area (Å²) in [5.74, 6) is -0.214. The van der Waals surface area contributed by atoms with Crippen molar-refractivity contribution in [2.24, 2.45) is 0 Å². The molecule has 0 unspecified atom stereocenters. The summed E-state index contributed by atoms with van der Waals surface area (Å²) in [5.41, 5.74) is 4.35. The highest BCUT2D eigenvalue weighted by Gasteiger charge is 2.44. The Hall–Kier alpha value is -2.14. The number of hydrogen-bond donors (Lipinski definition) is 0. The third-order valence-corrected chi connectivity index (χ3v) is 6.40. The average molecular weight is 383 g/mol. The zero-order valence-corrected chi connectivity index (χ0v) is 17.0. The van der Waals surface area contributed by atoms with Crippen LogP contribution in [0.4, 0.5) is 0 Å². The minimum atomic E-state index is -0.110. The highest BCUT2D eigenvalue weighted by atomic mass is 16.5. The van der Waals surface area contributed by atoms with Gasteiger partial charge in [0.25, 0.3) is 11.8 Å². The largest absolute Gasteiger partial charge is 0.378 e. The zero-order chi connectivity index (χ0) is 19.7. The molecule has 0 spiro atoms. The molecule has 28 heavy (non-hydrogen) atoms. The van der Waals surface area contributed by atoms with Gasteiger partial charge in [0.2, 0.25) is 0 Å². The van der Waals surface area contributed by atoms with Gasteiger partial charge in [0.15, 0.2) is 0 Å². The molecular weight excluding hydrogens is 352 g/mol. The van der Waals surface area contributed by atoms with Crippen LogP contribution in [0.2, 0.25) is 0 Å². The lowest BCUT2D eigenvalue weighted by Gasteiger charge is -2.31. The van der Waals surface area contributed by atoms with Crippen molar-refractivity contribution < 1.29 is 14.3 Å². The molecule has 1 saturated carbocycles. The molecule has 2 heterocycles. The number of ether oxygens (including phenoxy) is 1. The Morgan fingerprint density at radius 1 is 0.893 bits per heavy atom. The summed E-state index contributed by atoms with van der Waals surface area (Å²) in [5, 5.41) is 0. The molecule has 1 aromatic carbocycles. The number of rotatable bonds is 3. The second kappa shape index (κ2) is 8.08. The Kier molecular flexibility index (Phi) is 5.54. The van der Waals surface area contributed by atoms with Crippen molar-refractivity contribution in [1.82, 2.24) is 9.80 Å². The lowest BCUT2D eigenvalue weighted by atomic mass is 9.99. The summed E-state index contributed by atoms with van der Waals surface area (Å²) >= 11 is 0. The molecule has 0 radical (unpaired) electrons. The fourth-order valence-corrected chi connectivity index (χ4v) is 4.62. The number of carbonyl (C=O) groups excluding carboxylic acids is 2. The van der Waals surface area contributed by atoms with Crippen molar-refractivity contribution in [3.63, 3.8) is 0 Å². The van der Waals surface area contributed by atoms with Crippen LogP contribution >= 0.6 is 0 Å². The maximum absolute atomic E-state index is 13.6. The van der Waals surface area contributed by atoms with Gasteiger partial charge >= 0.3 is 0 Å². The normalized spacial score (nSPS) is 22.2. The molecule has 3 aliphatic rings. The summed E-state index contributed by atoms with van der Waals surface area (Å²) in [6, 6.07) is 6.11. The Labute approximate surface area is 167 Å². The van der Waals surface area contributed by atoms with Gasteiger partial charge < -0.3 is 9.64 Å². The van der Waals surface area contributed by atoms with E-state index in [1.807, 2.05) is 18.2 Å². The first-order valence-electron chi connectivity index (χ1n) is 10.6. The first kappa shape index (κ1) is 19.2. The number of amides is 2. The molecule has 150 valence electrons. The van der Waals surface area contributed by atoms with Crippen LogP contribution in [0.25, 0.3) is 5.57 Å². The number of hydrogen-bond acceptors (Lipinski definition) is 4. The Balaban J connectivity index is 1.76. The average Bonchev–Trinajstić information content (AvgIpc) is 2.86. The Morgan fingerprint density at radius 2 is 1.57 bits per heavy atom. The summed E-state index contributed by atoms with van der Waals surface area (Å²) in [7, 11) is 0. The Bertz CT molecular complexity index is 800. The van der Waals surface area contributed by atoms with Crippen LogP contribution in [0.3, 0.4) is 0 Å². The quantitative estimate of drug-likeness (QED) is 0.594. The van der Waals surface area contributed by atoms with Gasteiger partial charge in [0, 0.05) is 19.1 Å². The lowest BCUT2D eigenvalue weighted by Crippen LogP contribution is -2.44. The van der Waals surface area contributed by atoms with Gasteiger partial charge in [-0.1, -0.05) is 43.9 Å². The van der Waals surface area contributed by atoms with Crippen molar-refractivity contribution in [2.75, 3.05) is 26.3 Å². The number of benzene rings is 1. The first-order valence-corrected chi connectivity index (χ1v) is 10.6. The van der Waals surface area contributed by atoms with Crippen molar-refractivity contribution in [3.05, 3.63) is 40.6 Å². The fraction of sp³-hybridized carbons (Fsp3) is 0.565. The highest BCUT2D eigenvalue weighted by molar-refractivity contribution is 6.35. The van der Waals surface area contributed by atoms with Gasteiger partial charge in [-0.25, -0.2) is 0 Å². The number of carbonyl (C=O) groups is 2. The number of nitrogens with zero attached hydrogens (tertiary/aromatic N) is 2. The molecule has 0 N–H and O–H groups in total. The van der Waals surface area contributed by atoms with E-state index in [1.165, 1.54) is 18.4 Å². The third kappa shape index (κ3) is 3.48. The van der Waals surface area contributed by atoms with Crippen molar-refractivity contribution >= 4 is 17.4 Å². The zero-order valence-electron chi connectivity index (χ0n) is 17.0. The first-order chi connectivity index (χ1) is 13.6. The molecular formula is C23H30N2O3. The molecule has 1 aromatic rings. The molecule has 0 atom stereocenters. The Morgan fingerprint density at radius 3 is 2.21 bits per heavy atom. The van der Waals surface area contributed by atoms with Crippen LogP contribution in [0.5, 0.6) is 0 Å². The van der Waals surface area contributed by atoms with Gasteiger partial charge in [-0.3, -0.25) is 14.5 Å². The van der Waals surface area contributed by atoms with Crippen LogP contribution in [0.15, 0.2) is 23.9 Å². The van der Waals surface area contributed by atoms with Gasteiger partial charge in [-0.2, -0.15) is 0 Å². The number of imide groups is 1. The maximum Gasteiger partial charge on any atom is 0.278 e. The molecule has 2 aliphatic heterocycles. The van der Waals surface area contributed by atoms with Crippen LogP contribution < -0.4 is 0 Å². The van der Waals surface area contributed by atoms with Crippen molar-refractivity contribution in [1.29, 1.82) is 0 Å². The second-order valence-corrected chi connectivity index (χ2v) is 8.25. The van der Waals surface area contributed by atoms with Gasteiger partial charge in [0.05, 0.1) is 18.8 Å². The standard InChI is InChI=1S/C23H30N2O3/c1-16-9-10-18(15-17(16)2)20-21(24-11-13-28-14-12-24)23(27)25(22(20)26)19-7-5-3-4-6-8-19/h9-10,15,19H,3-8,11-14H2,1-2H3. The van der Waals surface area contributed by atoms with E-state index in [-0.39, 0.29) is 17.9 Å². The van der Waals surface area contributed by atoms with Crippen molar-refractivity contribution in [2.45, 2.75) is 58.4 Å². The van der Waals surface area contributed by atoms with E-state index in [1.54, 1.807) is 4.90 Å². The molecule has 5 nitrogen and oxygen atoms in total. The van der Waals surface area contributed by atoms with Crippen LogP contribution in [0, 0.1) is 13.8 Å². The molecule has 5 heteroatoms. The third-order valence-electron chi connectivity index (χ3n) is 6.40. The highest BCUT2D eigenvalue weighted by Crippen LogP contribution is 2.36. The maximum atomic E-state index is 13.6.